The monoisotopic (exact) mass is 293 g/mol. The molecule has 0 saturated carbocycles. The third-order valence-electron chi connectivity index (χ3n) is 4.65. The fraction of sp³-hybridized carbons (Fsp3) is 0.625. The molecule has 0 bridgehead atoms. The molecule has 1 aromatic heterocycles. The van der Waals surface area contributed by atoms with E-state index in [1.54, 1.807) is 0 Å². The van der Waals surface area contributed by atoms with E-state index in [9.17, 15) is 9.18 Å². The third-order valence-corrected chi connectivity index (χ3v) is 4.65. The number of likely N-dealkylation sites (tertiary alicyclic amines) is 1. The van der Waals surface area contributed by atoms with Crippen molar-refractivity contribution in [2.75, 3.05) is 25.0 Å². The molecular weight excluding hydrogens is 269 g/mol. The SMILES string of the molecule is CCNc1ncc(F)cc1C(=O)N1CCC(CC)(CC)C1. The summed E-state index contributed by atoms with van der Waals surface area (Å²) in [4.78, 5) is 18.5. The molecule has 2 rings (SSSR count). The Balaban J connectivity index is 2.23. The largest absolute Gasteiger partial charge is 0.370 e. The van der Waals surface area contributed by atoms with E-state index in [1.165, 1.54) is 6.07 Å². The zero-order chi connectivity index (χ0) is 15.5. The molecule has 4 nitrogen and oxygen atoms in total. The fourth-order valence-electron chi connectivity index (χ4n) is 3.02. The van der Waals surface area contributed by atoms with Gasteiger partial charge in [-0.2, -0.15) is 0 Å². The molecule has 1 aliphatic heterocycles. The number of amides is 1. The van der Waals surface area contributed by atoms with E-state index in [0.717, 1.165) is 38.5 Å². The maximum absolute atomic E-state index is 13.5. The highest BCUT2D eigenvalue weighted by molar-refractivity contribution is 5.98. The number of hydrogen-bond acceptors (Lipinski definition) is 3. The van der Waals surface area contributed by atoms with E-state index in [1.807, 2.05) is 11.8 Å². The lowest BCUT2D eigenvalue weighted by Crippen LogP contribution is -2.32. The van der Waals surface area contributed by atoms with Crippen molar-refractivity contribution in [3.05, 3.63) is 23.6 Å². The number of halogens is 1. The molecule has 2 heterocycles. The standard InChI is InChI=1S/C16H24FN3O/c1-4-16(5-2)7-8-20(11-16)15(21)13-9-12(17)10-19-14(13)18-6-3/h9-10H,4-8,11H2,1-3H3,(H,18,19). The minimum atomic E-state index is -0.476. The summed E-state index contributed by atoms with van der Waals surface area (Å²) >= 11 is 0. The minimum Gasteiger partial charge on any atom is -0.370 e. The van der Waals surface area contributed by atoms with Gasteiger partial charge in [0, 0.05) is 19.6 Å². The molecular formula is C16H24FN3O. The Kier molecular flexibility index (Phi) is 4.80. The Morgan fingerprint density at radius 1 is 1.43 bits per heavy atom. The molecule has 1 saturated heterocycles. The summed E-state index contributed by atoms with van der Waals surface area (Å²) in [6, 6.07) is 1.28. The van der Waals surface area contributed by atoms with Crippen LogP contribution in [0.4, 0.5) is 10.2 Å². The summed E-state index contributed by atoms with van der Waals surface area (Å²) < 4.78 is 13.5. The molecule has 1 amide bonds. The second-order valence-corrected chi connectivity index (χ2v) is 5.76. The molecule has 0 radical (unpaired) electrons. The number of anilines is 1. The molecule has 1 N–H and O–H groups in total. The van der Waals surface area contributed by atoms with E-state index < -0.39 is 5.82 Å². The molecule has 5 heteroatoms. The number of aromatic nitrogens is 1. The smallest absolute Gasteiger partial charge is 0.257 e. The van der Waals surface area contributed by atoms with Crippen molar-refractivity contribution in [2.24, 2.45) is 5.41 Å². The number of hydrogen-bond donors (Lipinski definition) is 1. The summed E-state index contributed by atoms with van der Waals surface area (Å²) in [5.74, 6) is -0.132. The Labute approximate surface area is 125 Å². The van der Waals surface area contributed by atoms with Crippen LogP contribution in [0.5, 0.6) is 0 Å². The van der Waals surface area contributed by atoms with E-state index >= 15 is 0 Å². The lowest BCUT2D eigenvalue weighted by molar-refractivity contribution is 0.0770. The van der Waals surface area contributed by atoms with Crippen molar-refractivity contribution in [3.8, 4) is 0 Å². The van der Waals surface area contributed by atoms with Crippen LogP contribution in [-0.2, 0) is 0 Å². The normalized spacial score (nSPS) is 17.0. The molecule has 1 fully saturated rings. The predicted octanol–water partition coefficient (Wildman–Crippen LogP) is 3.30. The van der Waals surface area contributed by atoms with Crippen LogP contribution in [-0.4, -0.2) is 35.4 Å². The zero-order valence-electron chi connectivity index (χ0n) is 13.1. The van der Waals surface area contributed by atoms with Gasteiger partial charge in [-0.15, -0.1) is 0 Å². The van der Waals surface area contributed by atoms with Crippen LogP contribution in [0.15, 0.2) is 12.3 Å². The molecule has 1 aromatic rings. The molecule has 0 unspecified atom stereocenters. The number of nitrogens with one attached hydrogen (secondary N) is 1. The quantitative estimate of drug-likeness (QED) is 0.906. The van der Waals surface area contributed by atoms with E-state index in [2.05, 4.69) is 24.1 Å². The summed E-state index contributed by atoms with van der Waals surface area (Å²) in [7, 11) is 0. The highest BCUT2D eigenvalue weighted by Gasteiger charge is 2.37. The molecule has 0 spiro atoms. The first-order valence-corrected chi connectivity index (χ1v) is 7.74. The maximum atomic E-state index is 13.5. The number of carbonyl (C=O) groups excluding carboxylic acids is 1. The molecule has 0 atom stereocenters. The lowest BCUT2D eigenvalue weighted by atomic mass is 9.82. The fourth-order valence-corrected chi connectivity index (χ4v) is 3.02. The van der Waals surface area contributed by atoms with Crippen LogP contribution in [0.3, 0.4) is 0 Å². The van der Waals surface area contributed by atoms with Crippen LogP contribution < -0.4 is 5.32 Å². The summed E-state index contributed by atoms with van der Waals surface area (Å²) in [6.07, 6.45) is 4.29. The first-order chi connectivity index (χ1) is 10.0. The van der Waals surface area contributed by atoms with Crippen LogP contribution in [0.2, 0.25) is 0 Å². The van der Waals surface area contributed by atoms with Gasteiger partial charge in [0.25, 0.3) is 5.91 Å². The van der Waals surface area contributed by atoms with Crippen molar-refractivity contribution in [3.63, 3.8) is 0 Å². The van der Waals surface area contributed by atoms with Gasteiger partial charge in [0.05, 0.1) is 11.8 Å². The highest BCUT2D eigenvalue weighted by atomic mass is 19.1. The van der Waals surface area contributed by atoms with Crippen molar-refractivity contribution >= 4 is 11.7 Å². The van der Waals surface area contributed by atoms with Crippen LogP contribution in [0.25, 0.3) is 0 Å². The summed E-state index contributed by atoms with van der Waals surface area (Å²) in [6.45, 7) is 8.40. The lowest BCUT2D eigenvalue weighted by Gasteiger charge is -2.26. The van der Waals surface area contributed by atoms with E-state index in [-0.39, 0.29) is 11.3 Å². The van der Waals surface area contributed by atoms with Gasteiger partial charge in [-0.3, -0.25) is 4.79 Å². The number of carbonyl (C=O) groups is 1. The first kappa shape index (κ1) is 15.7. The average Bonchev–Trinajstić information content (AvgIpc) is 2.94. The van der Waals surface area contributed by atoms with Gasteiger partial charge in [0.15, 0.2) is 0 Å². The van der Waals surface area contributed by atoms with Gasteiger partial charge in [0.1, 0.15) is 11.6 Å². The Morgan fingerprint density at radius 3 is 2.71 bits per heavy atom. The van der Waals surface area contributed by atoms with Crippen LogP contribution in [0.1, 0.15) is 50.4 Å². The Bertz CT molecular complexity index is 514. The Hall–Kier alpha value is -1.65. The minimum absolute atomic E-state index is 0.123. The molecule has 116 valence electrons. The molecule has 1 aliphatic rings. The molecule has 21 heavy (non-hydrogen) atoms. The Morgan fingerprint density at radius 2 is 2.14 bits per heavy atom. The topological polar surface area (TPSA) is 45.2 Å². The number of nitrogens with zero attached hydrogens (tertiary/aromatic N) is 2. The van der Waals surface area contributed by atoms with Crippen LogP contribution >= 0.6 is 0 Å². The number of rotatable bonds is 5. The second-order valence-electron chi connectivity index (χ2n) is 5.76. The van der Waals surface area contributed by atoms with Gasteiger partial charge in [-0.05, 0) is 37.7 Å². The summed E-state index contributed by atoms with van der Waals surface area (Å²) in [5, 5.41) is 3.03. The van der Waals surface area contributed by atoms with Gasteiger partial charge < -0.3 is 10.2 Å². The highest BCUT2D eigenvalue weighted by Crippen LogP contribution is 2.37. The number of pyridine rings is 1. The van der Waals surface area contributed by atoms with Crippen molar-refractivity contribution < 1.29 is 9.18 Å². The summed E-state index contributed by atoms with van der Waals surface area (Å²) in [5.41, 5.74) is 0.550. The maximum Gasteiger partial charge on any atom is 0.257 e. The zero-order valence-corrected chi connectivity index (χ0v) is 13.1. The van der Waals surface area contributed by atoms with E-state index in [4.69, 9.17) is 0 Å². The van der Waals surface area contributed by atoms with Gasteiger partial charge in [-0.1, -0.05) is 13.8 Å². The van der Waals surface area contributed by atoms with Crippen molar-refractivity contribution in [1.29, 1.82) is 0 Å². The second kappa shape index (κ2) is 6.41. The van der Waals surface area contributed by atoms with Gasteiger partial charge >= 0.3 is 0 Å². The van der Waals surface area contributed by atoms with Gasteiger partial charge in [-0.25, -0.2) is 9.37 Å². The van der Waals surface area contributed by atoms with Crippen LogP contribution in [0, 0.1) is 11.2 Å². The average molecular weight is 293 g/mol. The third kappa shape index (κ3) is 3.17. The van der Waals surface area contributed by atoms with E-state index in [0.29, 0.717) is 17.9 Å². The van der Waals surface area contributed by atoms with Crippen molar-refractivity contribution in [2.45, 2.75) is 40.0 Å². The molecule has 0 aromatic carbocycles. The first-order valence-electron chi connectivity index (χ1n) is 7.74. The van der Waals surface area contributed by atoms with Gasteiger partial charge in [0.2, 0.25) is 0 Å². The molecule has 0 aliphatic carbocycles. The predicted molar refractivity (Wildman–Crippen MR) is 81.9 cm³/mol. The van der Waals surface area contributed by atoms with Crippen molar-refractivity contribution in [1.82, 2.24) is 9.88 Å².